The summed E-state index contributed by atoms with van der Waals surface area (Å²) in [7, 11) is 0. The molecule has 1 aliphatic carbocycles. The first kappa shape index (κ1) is 26.7. The number of hydrogen-bond donors (Lipinski definition) is 0. The Labute approximate surface area is 185 Å². The van der Waals surface area contributed by atoms with Crippen LogP contribution in [0.1, 0.15) is 117 Å². The van der Waals surface area contributed by atoms with Crippen molar-refractivity contribution in [1.82, 2.24) is 0 Å². The topological polar surface area (TPSA) is 52.6 Å². The highest BCUT2D eigenvalue weighted by atomic mass is 16.5. The first-order valence-electron chi connectivity index (χ1n) is 12.7. The van der Waals surface area contributed by atoms with E-state index in [2.05, 4.69) is 13.8 Å². The Hall–Kier alpha value is -1.32. The van der Waals surface area contributed by atoms with Crippen molar-refractivity contribution in [1.29, 1.82) is 0 Å². The van der Waals surface area contributed by atoms with Gasteiger partial charge in [0.1, 0.15) is 0 Å². The van der Waals surface area contributed by atoms with E-state index in [0.717, 1.165) is 25.7 Å². The van der Waals surface area contributed by atoms with Gasteiger partial charge in [0.25, 0.3) is 0 Å². The molecular weight excluding hydrogens is 376 g/mol. The highest BCUT2D eigenvalue weighted by Crippen LogP contribution is 2.28. The smallest absolute Gasteiger partial charge is 0.310 e. The van der Waals surface area contributed by atoms with E-state index in [0.29, 0.717) is 26.1 Å². The van der Waals surface area contributed by atoms with Crippen LogP contribution in [0.15, 0.2) is 12.2 Å². The van der Waals surface area contributed by atoms with Gasteiger partial charge in [-0.05, 0) is 25.7 Å². The Bertz CT molecular complexity index is 472. The van der Waals surface area contributed by atoms with E-state index >= 15 is 0 Å². The highest BCUT2D eigenvalue weighted by molar-refractivity contribution is 5.82. The summed E-state index contributed by atoms with van der Waals surface area (Å²) in [5.74, 6) is -1.24. The van der Waals surface area contributed by atoms with Crippen LogP contribution in [0.2, 0.25) is 0 Å². The molecule has 4 nitrogen and oxygen atoms in total. The maximum atomic E-state index is 12.5. The fourth-order valence-corrected chi connectivity index (χ4v) is 4.01. The Morgan fingerprint density at radius 2 is 0.933 bits per heavy atom. The van der Waals surface area contributed by atoms with E-state index in [-0.39, 0.29) is 23.8 Å². The van der Waals surface area contributed by atoms with Crippen molar-refractivity contribution in [3.63, 3.8) is 0 Å². The molecule has 2 unspecified atom stereocenters. The predicted octanol–water partition coefficient (Wildman–Crippen LogP) is 7.16. The molecule has 1 aliphatic rings. The minimum atomic E-state index is -0.388. The third kappa shape index (κ3) is 12.4. The van der Waals surface area contributed by atoms with E-state index in [1.165, 1.54) is 64.2 Å². The predicted molar refractivity (Wildman–Crippen MR) is 123 cm³/mol. The number of esters is 2. The molecule has 0 radical (unpaired) electrons. The molecule has 0 bridgehead atoms. The number of allylic oxidation sites excluding steroid dienone is 2. The van der Waals surface area contributed by atoms with Crippen LogP contribution in [0.4, 0.5) is 0 Å². The van der Waals surface area contributed by atoms with Crippen molar-refractivity contribution in [2.75, 3.05) is 13.2 Å². The molecule has 1 rings (SSSR count). The van der Waals surface area contributed by atoms with Gasteiger partial charge in [0.05, 0.1) is 25.0 Å². The van der Waals surface area contributed by atoms with E-state index in [9.17, 15) is 9.59 Å². The molecule has 0 aromatic heterocycles. The minimum Gasteiger partial charge on any atom is -0.465 e. The molecule has 0 saturated carbocycles. The molecule has 0 aliphatic heterocycles. The number of ether oxygens (including phenoxy) is 2. The van der Waals surface area contributed by atoms with Crippen LogP contribution in [0, 0.1) is 11.8 Å². The van der Waals surface area contributed by atoms with Crippen molar-refractivity contribution in [2.24, 2.45) is 11.8 Å². The summed E-state index contributed by atoms with van der Waals surface area (Å²) in [6, 6.07) is 0. The maximum Gasteiger partial charge on any atom is 0.310 e. The average molecular weight is 423 g/mol. The lowest BCUT2D eigenvalue weighted by Crippen LogP contribution is -2.34. The zero-order valence-corrected chi connectivity index (χ0v) is 19.7. The fourth-order valence-electron chi connectivity index (χ4n) is 4.01. The molecule has 0 saturated heterocycles. The second-order valence-electron chi connectivity index (χ2n) is 8.73. The Balaban J connectivity index is 2.19. The molecule has 0 aromatic carbocycles. The van der Waals surface area contributed by atoms with E-state index in [1.807, 2.05) is 12.2 Å². The Kier molecular flexibility index (Phi) is 16.4. The zero-order valence-electron chi connectivity index (χ0n) is 19.7. The van der Waals surface area contributed by atoms with Crippen molar-refractivity contribution in [3.8, 4) is 0 Å². The van der Waals surface area contributed by atoms with E-state index in [1.54, 1.807) is 0 Å². The second-order valence-corrected chi connectivity index (χ2v) is 8.73. The third-order valence-corrected chi connectivity index (χ3v) is 6.02. The SMILES string of the molecule is CCCCCCCCCCOC(=O)C1CC=CCC1C(=O)OCCCCCCCC. The quantitative estimate of drug-likeness (QED) is 0.134. The number of hydrogen-bond acceptors (Lipinski definition) is 4. The normalized spacial score (nSPS) is 18.3. The molecule has 174 valence electrons. The molecule has 0 heterocycles. The second kappa shape index (κ2) is 18.4. The Morgan fingerprint density at radius 3 is 1.30 bits per heavy atom. The van der Waals surface area contributed by atoms with Crippen LogP contribution in [-0.4, -0.2) is 25.2 Å². The standard InChI is InChI=1S/C26H46O4/c1-3-5-7-9-11-12-14-18-22-30-26(28)24-20-16-15-19-23(24)25(27)29-21-17-13-10-8-6-4-2/h15-16,23-24H,3-14,17-22H2,1-2H3. The lowest BCUT2D eigenvalue weighted by Gasteiger charge is -2.25. The number of carbonyl (C=O) groups excluding carboxylic acids is 2. The first-order valence-corrected chi connectivity index (χ1v) is 12.7. The average Bonchev–Trinajstić information content (AvgIpc) is 2.77. The molecule has 0 fully saturated rings. The summed E-state index contributed by atoms with van der Waals surface area (Å²) in [5, 5.41) is 0. The van der Waals surface area contributed by atoms with E-state index < -0.39 is 0 Å². The van der Waals surface area contributed by atoms with Gasteiger partial charge in [-0.3, -0.25) is 9.59 Å². The van der Waals surface area contributed by atoms with E-state index in [4.69, 9.17) is 9.47 Å². The van der Waals surface area contributed by atoms with Crippen LogP contribution >= 0.6 is 0 Å². The minimum absolute atomic E-state index is 0.233. The first-order chi connectivity index (χ1) is 14.7. The number of unbranched alkanes of at least 4 members (excludes halogenated alkanes) is 12. The van der Waals surface area contributed by atoms with Crippen LogP contribution in [0.25, 0.3) is 0 Å². The van der Waals surface area contributed by atoms with Gasteiger partial charge in [0.15, 0.2) is 0 Å². The van der Waals surface area contributed by atoms with Gasteiger partial charge in [-0.2, -0.15) is 0 Å². The van der Waals surface area contributed by atoms with Gasteiger partial charge >= 0.3 is 11.9 Å². The maximum absolute atomic E-state index is 12.5. The number of carbonyl (C=O) groups is 2. The van der Waals surface area contributed by atoms with Crippen molar-refractivity contribution < 1.29 is 19.1 Å². The summed E-state index contributed by atoms with van der Waals surface area (Å²) in [4.78, 5) is 25.0. The molecule has 0 spiro atoms. The van der Waals surface area contributed by atoms with Gasteiger partial charge in [0.2, 0.25) is 0 Å². The van der Waals surface area contributed by atoms with Crippen molar-refractivity contribution in [2.45, 2.75) is 117 Å². The lowest BCUT2D eigenvalue weighted by atomic mass is 9.83. The van der Waals surface area contributed by atoms with Gasteiger partial charge in [-0.15, -0.1) is 0 Å². The Morgan fingerprint density at radius 1 is 0.600 bits per heavy atom. The summed E-state index contributed by atoms with van der Waals surface area (Å²) < 4.78 is 11.0. The van der Waals surface area contributed by atoms with Crippen molar-refractivity contribution in [3.05, 3.63) is 12.2 Å². The van der Waals surface area contributed by atoms with Gasteiger partial charge < -0.3 is 9.47 Å². The van der Waals surface area contributed by atoms with Crippen LogP contribution < -0.4 is 0 Å². The molecule has 2 atom stereocenters. The number of rotatable bonds is 18. The van der Waals surface area contributed by atoms with Gasteiger partial charge in [0, 0.05) is 0 Å². The van der Waals surface area contributed by atoms with Crippen molar-refractivity contribution >= 4 is 11.9 Å². The lowest BCUT2D eigenvalue weighted by molar-refractivity contribution is -0.161. The monoisotopic (exact) mass is 422 g/mol. The van der Waals surface area contributed by atoms with Crippen LogP contribution in [-0.2, 0) is 19.1 Å². The molecule has 0 aromatic rings. The largest absolute Gasteiger partial charge is 0.465 e. The summed E-state index contributed by atoms with van der Waals surface area (Å²) >= 11 is 0. The third-order valence-electron chi connectivity index (χ3n) is 6.02. The zero-order chi connectivity index (χ0) is 21.9. The highest BCUT2D eigenvalue weighted by Gasteiger charge is 2.36. The van der Waals surface area contributed by atoms with Gasteiger partial charge in [-0.1, -0.05) is 103 Å². The molecule has 30 heavy (non-hydrogen) atoms. The van der Waals surface area contributed by atoms with Gasteiger partial charge in [-0.25, -0.2) is 0 Å². The summed E-state index contributed by atoms with van der Waals surface area (Å²) in [6.45, 7) is 5.37. The fraction of sp³-hybridized carbons (Fsp3) is 0.846. The summed E-state index contributed by atoms with van der Waals surface area (Å²) in [6.07, 6.45) is 21.8. The molecule has 0 amide bonds. The molecular formula is C26H46O4. The molecule has 0 N–H and O–H groups in total. The molecule has 4 heteroatoms. The summed E-state index contributed by atoms with van der Waals surface area (Å²) in [5.41, 5.74) is 0. The van der Waals surface area contributed by atoms with Crippen LogP contribution in [0.5, 0.6) is 0 Å². The van der Waals surface area contributed by atoms with Crippen LogP contribution in [0.3, 0.4) is 0 Å².